The summed E-state index contributed by atoms with van der Waals surface area (Å²) in [6.07, 6.45) is 4.47. The lowest BCUT2D eigenvalue weighted by molar-refractivity contribution is 0.493. The zero-order valence-electron chi connectivity index (χ0n) is 9.94. The number of nitrogens with zero attached hydrogens (tertiary/aromatic N) is 2. The summed E-state index contributed by atoms with van der Waals surface area (Å²) in [4.78, 5) is 7.60. The van der Waals surface area contributed by atoms with Crippen LogP contribution in [0.4, 0.5) is 0 Å². The van der Waals surface area contributed by atoms with Gasteiger partial charge in [-0.3, -0.25) is 0 Å². The van der Waals surface area contributed by atoms with Gasteiger partial charge in [0.2, 0.25) is 0 Å². The number of oxazole rings is 2. The molecule has 0 saturated carbocycles. The lowest BCUT2D eigenvalue weighted by atomic mass is 10.4. The molecule has 0 aromatic carbocycles. The third kappa shape index (κ3) is 5.67. The lowest BCUT2D eigenvalue weighted by Crippen LogP contribution is -1.71. The normalized spacial score (nSPS) is 8.33. The number of aromatic nitrogens is 2. The van der Waals surface area contributed by atoms with E-state index in [-0.39, 0.29) is 0 Å². The summed E-state index contributed by atoms with van der Waals surface area (Å²) >= 11 is 0. The summed E-state index contributed by atoms with van der Waals surface area (Å²) in [6, 6.07) is 0. The average Bonchev–Trinajstić information content (AvgIpc) is 2.85. The smallest absolute Gasteiger partial charge is 0.191 e. The van der Waals surface area contributed by atoms with Crippen molar-refractivity contribution < 1.29 is 8.83 Å². The van der Waals surface area contributed by atoms with E-state index in [1.165, 1.54) is 12.7 Å². The van der Waals surface area contributed by atoms with Crippen molar-refractivity contribution >= 4 is 0 Å². The van der Waals surface area contributed by atoms with Crippen LogP contribution in [0.3, 0.4) is 0 Å². The first kappa shape index (κ1) is 13.4. The molecule has 2 rings (SSSR count). The molecule has 0 atom stereocenters. The Bertz CT molecular complexity index is 303. The number of aryl methyl sites for hydroxylation is 3. The van der Waals surface area contributed by atoms with Gasteiger partial charge in [-0.15, -0.1) is 0 Å². The maximum atomic E-state index is 5.10. The second-order valence-electron chi connectivity index (χ2n) is 2.55. The molecule has 4 heteroatoms. The topological polar surface area (TPSA) is 52.1 Å². The van der Waals surface area contributed by atoms with E-state index in [9.17, 15) is 0 Å². The SMILES string of the molecule is CC.Cc1nc(C)c(C)o1.c1cocn1. The van der Waals surface area contributed by atoms with Crippen LogP contribution in [-0.2, 0) is 0 Å². The van der Waals surface area contributed by atoms with Gasteiger partial charge in [-0.2, -0.15) is 0 Å². The van der Waals surface area contributed by atoms with Crippen LogP contribution in [0.5, 0.6) is 0 Å². The fraction of sp³-hybridized carbons (Fsp3) is 0.455. The van der Waals surface area contributed by atoms with Crippen molar-refractivity contribution in [3.63, 3.8) is 0 Å². The zero-order valence-corrected chi connectivity index (χ0v) is 9.94. The number of hydrogen-bond donors (Lipinski definition) is 0. The molecule has 0 unspecified atom stereocenters. The van der Waals surface area contributed by atoms with Crippen molar-refractivity contribution in [3.05, 3.63) is 36.2 Å². The average molecular weight is 210 g/mol. The van der Waals surface area contributed by atoms with Gasteiger partial charge in [-0.1, -0.05) is 13.8 Å². The second-order valence-corrected chi connectivity index (χ2v) is 2.55. The first-order valence-electron chi connectivity index (χ1n) is 4.93. The standard InChI is InChI=1S/C6H9NO.C3H3NO.C2H6/c1-4-5(2)8-6(3)7-4;1-2-5-3-4-1;1-2/h1-3H3;1-3H;1-2H3. The molecule has 0 amide bonds. The van der Waals surface area contributed by atoms with Gasteiger partial charge in [0.1, 0.15) is 12.0 Å². The Balaban J connectivity index is 0.000000241. The van der Waals surface area contributed by atoms with E-state index >= 15 is 0 Å². The molecule has 0 fully saturated rings. The third-order valence-corrected chi connectivity index (χ3v) is 1.48. The summed E-state index contributed by atoms with van der Waals surface area (Å²) in [5.74, 6) is 1.67. The fourth-order valence-electron chi connectivity index (χ4n) is 0.809. The Kier molecular flexibility index (Phi) is 6.97. The van der Waals surface area contributed by atoms with E-state index in [0.717, 1.165) is 17.3 Å². The van der Waals surface area contributed by atoms with E-state index < -0.39 is 0 Å². The van der Waals surface area contributed by atoms with Gasteiger partial charge in [-0.25, -0.2) is 9.97 Å². The van der Waals surface area contributed by atoms with Crippen molar-refractivity contribution in [3.8, 4) is 0 Å². The largest absolute Gasteiger partial charge is 0.452 e. The molecular formula is C11H18N2O2. The molecule has 15 heavy (non-hydrogen) atoms. The van der Waals surface area contributed by atoms with Gasteiger partial charge in [0.25, 0.3) is 0 Å². The molecule has 0 N–H and O–H groups in total. The molecule has 0 aliphatic rings. The Morgan fingerprint density at radius 2 is 1.80 bits per heavy atom. The minimum atomic E-state index is 0.750. The molecule has 84 valence electrons. The molecule has 0 aliphatic carbocycles. The molecule has 0 saturated heterocycles. The van der Waals surface area contributed by atoms with Crippen molar-refractivity contribution in [1.82, 2.24) is 9.97 Å². The van der Waals surface area contributed by atoms with E-state index in [4.69, 9.17) is 4.42 Å². The number of hydrogen-bond acceptors (Lipinski definition) is 4. The Hall–Kier alpha value is -1.58. The van der Waals surface area contributed by atoms with Crippen LogP contribution in [0.1, 0.15) is 31.2 Å². The molecule has 2 aromatic rings. The summed E-state index contributed by atoms with van der Waals surface area (Å²) in [7, 11) is 0. The summed E-state index contributed by atoms with van der Waals surface area (Å²) in [5.41, 5.74) is 0.988. The van der Waals surface area contributed by atoms with Gasteiger partial charge in [0.15, 0.2) is 12.3 Å². The molecular weight excluding hydrogens is 192 g/mol. The highest BCUT2D eigenvalue weighted by Crippen LogP contribution is 2.05. The molecule has 2 aromatic heterocycles. The fourth-order valence-corrected chi connectivity index (χ4v) is 0.809. The minimum Gasteiger partial charge on any atom is -0.452 e. The Morgan fingerprint density at radius 3 is 1.93 bits per heavy atom. The quantitative estimate of drug-likeness (QED) is 0.669. The Morgan fingerprint density at radius 1 is 1.13 bits per heavy atom. The monoisotopic (exact) mass is 210 g/mol. The second kappa shape index (κ2) is 7.79. The van der Waals surface area contributed by atoms with Crippen LogP contribution in [-0.4, -0.2) is 9.97 Å². The summed E-state index contributed by atoms with van der Waals surface area (Å²) in [6.45, 7) is 9.70. The highest BCUT2D eigenvalue weighted by Gasteiger charge is 1.97. The first-order valence-corrected chi connectivity index (χ1v) is 4.93. The predicted molar refractivity (Wildman–Crippen MR) is 58.6 cm³/mol. The van der Waals surface area contributed by atoms with Crippen LogP contribution in [0.15, 0.2) is 27.7 Å². The van der Waals surface area contributed by atoms with Crippen molar-refractivity contribution in [2.45, 2.75) is 34.6 Å². The molecule has 0 bridgehead atoms. The Labute approximate surface area is 90.4 Å². The molecule has 0 radical (unpaired) electrons. The van der Waals surface area contributed by atoms with Crippen LogP contribution in [0.2, 0.25) is 0 Å². The van der Waals surface area contributed by atoms with Gasteiger partial charge < -0.3 is 8.83 Å². The van der Waals surface area contributed by atoms with E-state index in [1.807, 2.05) is 34.6 Å². The van der Waals surface area contributed by atoms with Gasteiger partial charge in [-0.05, 0) is 13.8 Å². The highest BCUT2D eigenvalue weighted by atomic mass is 16.4. The summed E-state index contributed by atoms with van der Waals surface area (Å²) < 4.78 is 9.58. The van der Waals surface area contributed by atoms with Crippen LogP contribution < -0.4 is 0 Å². The number of rotatable bonds is 0. The molecule has 2 heterocycles. The highest BCUT2D eigenvalue weighted by molar-refractivity contribution is 5.03. The lowest BCUT2D eigenvalue weighted by Gasteiger charge is -1.77. The maximum Gasteiger partial charge on any atom is 0.191 e. The van der Waals surface area contributed by atoms with Crippen LogP contribution >= 0.6 is 0 Å². The van der Waals surface area contributed by atoms with Gasteiger partial charge >= 0.3 is 0 Å². The molecule has 0 aliphatic heterocycles. The van der Waals surface area contributed by atoms with Gasteiger partial charge in [0.05, 0.1) is 11.9 Å². The van der Waals surface area contributed by atoms with Crippen molar-refractivity contribution in [2.24, 2.45) is 0 Å². The predicted octanol–water partition coefficient (Wildman–Crippen LogP) is 3.30. The third-order valence-electron chi connectivity index (χ3n) is 1.48. The van der Waals surface area contributed by atoms with Crippen LogP contribution in [0, 0.1) is 20.8 Å². The first-order chi connectivity index (χ1) is 7.20. The minimum absolute atomic E-state index is 0.750. The van der Waals surface area contributed by atoms with Crippen molar-refractivity contribution in [1.29, 1.82) is 0 Å². The van der Waals surface area contributed by atoms with Crippen LogP contribution in [0.25, 0.3) is 0 Å². The maximum absolute atomic E-state index is 5.10. The van der Waals surface area contributed by atoms with Crippen molar-refractivity contribution in [2.75, 3.05) is 0 Å². The van der Waals surface area contributed by atoms with Gasteiger partial charge in [0, 0.05) is 6.92 Å². The molecule has 0 spiro atoms. The zero-order chi connectivity index (χ0) is 11.7. The van der Waals surface area contributed by atoms with E-state index in [2.05, 4.69) is 14.4 Å². The summed E-state index contributed by atoms with van der Waals surface area (Å²) in [5, 5.41) is 0. The molecule has 4 nitrogen and oxygen atoms in total. The van der Waals surface area contributed by atoms with E-state index in [0.29, 0.717) is 0 Å². The van der Waals surface area contributed by atoms with E-state index in [1.54, 1.807) is 6.20 Å².